The van der Waals surface area contributed by atoms with Crippen molar-refractivity contribution in [2.75, 3.05) is 37.3 Å². The van der Waals surface area contributed by atoms with Gasteiger partial charge in [0.05, 0.1) is 17.8 Å². The van der Waals surface area contributed by atoms with E-state index in [-0.39, 0.29) is 12.5 Å². The number of rotatable bonds is 1. The third-order valence-corrected chi connectivity index (χ3v) is 2.78. The van der Waals surface area contributed by atoms with Crippen molar-refractivity contribution in [1.82, 2.24) is 9.88 Å². The fourth-order valence-electron chi connectivity index (χ4n) is 1.74. The minimum absolute atomic E-state index is 0.0433. The number of carbonyl (C=O) groups is 1. The van der Waals surface area contributed by atoms with Crippen LogP contribution in [-0.2, 0) is 4.79 Å². The standard InChI is InChI=1S/C11H13N5O/c1-15-2-3-16(7-10(15)17)11-9(13)4-8(5-12)6-14-11/h4,6H,2-3,7,13H2,1H3. The van der Waals surface area contributed by atoms with E-state index in [0.717, 1.165) is 0 Å². The molecular formula is C11H13N5O. The maximum absolute atomic E-state index is 11.6. The number of likely N-dealkylation sites (N-methyl/N-ethyl adjacent to an activating group) is 1. The van der Waals surface area contributed by atoms with Gasteiger partial charge in [0.1, 0.15) is 6.07 Å². The lowest BCUT2D eigenvalue weighted by molar-refractivity contribution is -0.129. The molecule has 1 amide bonds. The second-order valence-corrected chi connectivity index (χ2v) is 3.99. The molecule has 0 aliphatic carbocycles. The molecule has 2 rings (SSSR count). The molecule has 1 saturated heterocycles. The van der Waals surface area contributed by atoms with Gasteiger partial charge in [-0.1, -0.05) is 0 Å². The molecule has 0 aromatic carbocycles. The van der Waals surface area contributed by atoms with Gasteiger partial charge < -0.3 is 15.5 Å². The van der Waals surface area contributed by atoms with Gasteiger partial charge >= 0.3 is 0 Å². The van der Waals surface area contributed by atoms with Crippen LogP contribution in [0, 0.1) is 11.3 Å². The maximum atomic E-state index is 11.6. The maximum Gasteiger partial charge on any atom is 0.241 e. The lowest BCUT2D eigenvalue weighted by Gasteiger charge is -2.33. The van der Waals surface area contributed by atoms with E-state index in [1.54, 1.807) is 18.0 Å². The van der Waals surface area contributed by atoms with Gasteiger partial charge in [0.15, 0.2) is 5.82 Å². The zero-order valence-electron chi connectivity index (χ0n) is 9.55. The summed E-state index contributed by atoms with van der Waals surface area (Å²) >= 11 is 0. The minimum Gasteiger partial charge on any atom is -0.396 e. The molecule has 88 valence electrons. The zero-order chi connectivity index (χ0) is 12.4. The van der Waals surface area contributed by atoms with Crippen molar-refractivity contribution in [3.63, 3.8) is 0 Å². The van der Waals surface area contributed by atoms with Crippen LogP contribution < -0.4 is 10.6 Å². The van der Waals surface area contributed by atoms with Crippen LogP contribution in [0.25, 0.3) is 0 Å². The van der Waals surface area contributed by atoms with Crippen molar-refractivity contribution in [2.24, 2.45) is 0 Å². The molecule has 1 aliphatic heterocycles. The molecule has 1 fully saturated rings. The average Bonchev–Trinajstić information content (AvgIpc) is 2.32. The molecule has 2 N–H and O–H groups in total. The first kappa shape index (κ1) is 11.2. The van der Waals surface area contributed by atoms with Gasteiger partial charge in [0.25, 0.3) is 0 Å². The van der Waals surface area contributed by atoms with Gasteiger partial charge in [-0.15, -0.1) is 0 Å². The Morgan fingerprint density at radius 3 is 2.88 bits per heavy atom. The highest BCUT2D eigenvalue weighted by molar-refractivity contribution is 5.83. The molecule has 6 heteroatoms. The number of nitrogens with two attached hydrogens (primary N) is 1. The van der Waals surface area contributed by atoms with Crippen molar-refractivity contribution in [3.8, 4) is 6.07 Å². The Morgan fingerprint density at radius 1 is 1.53 bits per heavy atom. The van der Waals surface area contributed by atoms with E-state index in [1.807, 2.05) is 11.0 Å². The number of piperazine rings is 1. The highest BCUT2D eigenvalue weighted by atomic mass is 16.2. The monoisotopic (exact) mass is 231 g/mol. The Hall–Kier alpha value is -2.29. The fourth-order valence-corrected chi connectivity index (χ4v) is 1.74. The van der Waals surface area contributed by atoms with Crippen molar-refractivity contribution < 1.29 is 4.79 Å². The molecule has 1 aromatic rings. The van der Waals surface area contributed by atoms with Gasteiger partial charge in [-0.25, -0.2) is 4.98 Å². The Labute approximate surface area is 99.2 Å². The van der Waals surface area contributed by atoms with Crippen LogP contribution in [0.5, 0.6) is 0 Å². The Morgan fingerprint density at radius 2 is 2.29 bits per heavy atom. The molecule has 0 atom stereocenters. The summed E-state index contributed by atoms with van der Waals surface area (Å²) in [6.07, 6.45) is 1.47. The summed E-state index contributed by atoms with van der Waals surface area (Å²) in [5, 5.41) is 8.72. The Kier molecular flexibility index (Phi) is 2.83. The molecule has 2 heterocycles. The highest BCUT2D eigenvalue weighted by Gasteiger charge is 2.23. The summed E-state index contributed by atoms with van der Waals surface area (Å²) < 4.78 is 0. The Bertz CT molecular complexity index is 493. The van der Waals surface area contributed by atoms with E-state index < -0.39 is 0 Å². The number of nitriles is 1. The number of aromatic nitrogens is 1. The number of nitrogens with zero attached hydrogens (tertiary/aromatic N) is 4. The molecule has 6 nitrogen and oxygen atoms in total. The predicted octanol–water partition coefficient (Wildman–Crippen LogP) is -0.186. The molecule has 1 aliphatic rings. The van der Waals surface area contributed by atoms with E-state index in [9.17, 15) is 4.79 Å². The number of hydrogen-bond acceptors (Lipinski definition) is 5. The van der Waals surface area contributed by atoms with Gasteiger partial charge in [-0.3, -0.25) is 4.79 Å². The first-order chi connectivity index (χ1) is 8.11. The molecule has 0 unspecified atom stereocenters. The second-order valence-electron chi connectivity index (χ2n) is 3.99. The fraction of sp³-hybridized carbons (Fsp3) is 0.364. The number of amides is 1. The van der Waals surface area contributed by atoms with Crippen LogP contribution in [0.3, 0.4) is 0 Å². The van der Waals surface area contributed by atoms with Gasteiger partial charge in [0.2, 0.25) is 5.91 Å². The highest BCUT2D eigenvalue weighted by Crippen LogP contribution is 2.22. The lowest BCUT2D eigenvalue weighted by atomic mass is 10.2. The quantitative estimate of drug-likeness (QED) is 0.724. The van der Waals surface area contributed by atoms with E-state index in [4.69, 9.17) is 11.0 Å². The number of pyridine rings is 1. The SMILES string of the molecule is CN1CCN(c2ncc(C#N)cc2N)CC1=O. The van der Waals surface area contributed by atoms with Crippen LogP contribution >= 0.6 is 0 Å². The molecule has 1 aromatic heterocycles. The molecule has 0 radical (unpaired) electrons. The van der Waals surface area contributed by atoms with E-state index in [0.29, 0.717) is 30.2 Å². The van der Waals surface area contributed by atoms with E-state index in [1.165, 1.54) is 6.20 Å². The first-order valence-electron chi connectivity index (χ1n) is 5.26. The zero-order valence-corrected chi connectivity index (χ0v) is 9.55. The summed E-state index contributed by atoms with van der Waals surface area (Å²) in [5.74, 6) is 0.618. The van der Waals surface area contributed by atoms with Gasteiger partial charge in [-0.05, 0) is 6.07 Å². The van der Waals surface area contributed by atoms with E-state index >= 15 is 0 Å². The topological polar surface area (TPSA) is 86.2 Å². The number of anilines is 2. The number of carbonyl (C=O) groups excluding carboxylic acids is 1. The summed E-state index contributed by atoms with van der Waals surface area (Å²) in [6, 6.07) is 3.55. The largest absolute Gasteiger partial charge is 0.396 e. The van der Waals surface area contributed by atoms with E-state index in [2.05, 4.69) is 4.98 Å². The molecule has 0 bridgehead atoms. The van der Waals surface area contributed by atoms with Crippen LogP contribution in [0.1, 0.15) is 5.56 Å². The lowest BCUT2D eigenvalue weighted by Crippen LogP contribution is -2.49. The normalized spacial score (nSPS) is 15.9. The smallest absolute Gasteiger partial charge is 0.241 e. The summed E-state index contributed by atoms with van der Waals surface area (Å²) in [4.78, 5) is 19.2. The first-order valence-corrected chi connectivity index (χ1v) is 5.26. The van der Waals surface area contributed by atoms with Gasteiger partial charge in [-0.2, -0.15) is 5.26 Å². The summed E-state index contributed by atoms with van der Waals surface area (Å²) in [7, 11) is 1.77. The average molecular weight is 231 g/mol. The molecular weight excluding hydrogens is 218 g/mol. The second kappa shape index (κ2) is 4.29. The molecule has 0 saturated carbocycles. The molecule has 17 heavy (non-hydrogen) atoms. The number of hydrogen-bond donors (Lipinski definition) is 1. The van der Waals surface area contributed by atoms with Gasteiger partial charge in [0, 0.05) is 26.3 Å². The van der Waals surface area contributed by atoms with Crippen LogP contribution in [0.4, 0.5) is 11.5 Å². The third kappa shape index (κ3) is 2.13. The molecule has 0 spiro atoms. The van der Waals surface area contributed by atoms with Crippen molar-refractivity contribution in [2.45, 2.75) is 0 Å². The van der Waals surface area contributed by atoms with Crippen molar-refractivity contribution >= 4 is 17.4 Å². The number of nitrogen functional groups attached to an aromatic ring is 1. The minimum atomic E-state index is 0.0433. The van der Waals surface area contributed by atoms with Crippen molar-refractivity contribution in [1.29, 1.82) is 5.26 Å². The van der Waals surface area contributed by atoms with Crippen LogP contribution in [0.15, 0.2) is 12.3 Å². The summed E-state index contributed by atoms with van der Waals surface area (Å²) in [6.45, 7) is 1.63. The van der Waals surface area contributed by atoms with Crippen LogP contribution in [0.2, 0.25) is 0 Å². The third-order valence-electron chi connectivity index (χ3n) is 2.78. The van der Waals surface area contributed by atoms with Crippen molar-refractivity contribution in [3.05, 3.63) is 17.8 Å². The van der Waals surface area contributed by atoms with Crippen LogP contribution in [-0.4, -0.2) is 42.5 Å². The predicted molar refractivity (Wildman–Crippen MR) is 63.2 cm³/mol. The Balaban J connectivity index is 2.24. The summed E-state index contributed by atoms with van der Waals surface area (Å²) in [5.41, 5.74) is 6.68.